The molecule has 0 spiro atoms. The molecule has 1 aromatic carbocycles. The molecule has 1 aromatic rings. The van der Waals surface area contributed by atoms with Gasteiger partial charge in [0.1, 0.15) is 0 Å². The molecule has 0 aliphatic carbocycles. The van der Waals surface area contributed by atoms with Crippen molar-refractivity contribution in [2.45, 2.75) is 12.5 Å². The quantitative estimate of drug-likeness (QED) is 0.584. The number of rotatable bonds is 3. The molecule has 0 amide bonds. The summed E-state index contributed by atoms with van der Waals surface area (Å²) in [6.45, 7) is 0. The van der Waals surface area contributed by atoms with Crippen LogP contribution in [-0.4, -0.2) is 10.0 Å². The van der Waals surface area contributed by atoms with Crippen molar-refractivity contribution in [3.63, 3.8) is 0 Å². The molecule has 0 saturated heterocycles. The van der Waals surface area contributed by atoms with Crippen LogP contribution in [0.15, 0.2) is 24.3 Å². The van der Waals surface area contributed by atoms with E-state index in [-0.39, 0.29) is 11.3 Å². The number of nitro groups is 1. The van der Waals surface area contributed by atoms with Gasteiger partial charge in [-0.2, -0.15) is 5.26 Å². The molecule has 0 aliphatic heterocycles. The molecular weight excluding hydrogens is 184 g/mol. The summed E-state index contributed by atoms with van der Waals surface area (Å²) in [4.78, 5) is 9.81. The molecule has 5 nitrogen and oxygen atoms in total. The van der Waals surface area contributed by atoms with Crippen LogP contribution in [0.3, 0.4) is 0 Å². The summed E-state index contributed by atoms with van der Waals surface area (Å²) in [5, 5.41) is 28.5. The van der Waals surface area contributed by atoms with Gasteiger partial charge in [0.25, 0.3) is 5.69 Å². The number of benzene rings is 1. The van der Waals surface area contributed by atoms with Crippen molar-refractivity contribution in [3.8, 4) is 6.07 Å². The average Bonchev–Trinajstić information content (AvgIpc) is 2.28. The maximum atomic E-state index is 10.5. The summed E-state index contributed by atoms with van der Waals surface area (Å²) in [5.74, 6) is 0. The molecule has 0 radical (unpaired) electrons. The maximum Gasteiger partial charge on any atom is 0.269 e. The molecule has 0 aliphatic rings. The smallest absolute Gasteiger partial charge is 0.269 e. The zero-order valence-corrected chi connectivity index (χ0v) is 7.04. The molecule has 1 unspecified atom stereocenters. The second-order valence-corrected chi connectivity index (χ2v) is 2.51. The van der Waals surface area contributed by atoms with Crippen LogP contribution in [0.5, 0.6) is 0 Å². The van der Waals surface area contributed by atoms with Crippen LogP contribution in [0.2, 0.25) is 0 Å². The third-order valence-corrected chi connectivity index (χ3v) is 1.60. The van der Waals surface area contributed by atoms with E-state index in [1.54, 1.807) is 0 Å². The van der Waals surface area contributed by atoms with E-state index in [0.29, 0.717) is 0 Å². The first-order valence-corrected chi connectivity index (χ1v) is 3.72. The number of aliphatic hydroxyl groups excluding tert-OH is 1. The van der Waals surface area contributed by atoms with Crippen molar-refractivity contribution in [2.75, 3.05) is 0 Å². The lowest BCUT2D eigenvalue weighted by Crippen LogP contribution is -1.97. The lowest BCUT2D eigenvalue weighted by molar-refractivity contribution is -0.385. The summed E-state index contributed by atoms with van der Waals surface area (Å²) < 4.78 is 14.4. The Morgan fingerprint density at radius 3 is 3.07 bits per heavy atom. The third kappa shape index (κ3) is 2.28. The van der Waals surface area contributed by atoms with Crippen molar-refractivity contribution < 1.29 is 12.8 Å². The number of non-ortho nitro benzene ring substituents is 1. The van der Waals surface area contributed by atoms with E-state index in [1.165, 1.54) is 24.3 Å². The molecule has 0 aromatic heterocycles. The average molecular weight is 194 g/mol. The van der Waals surface area contributed by atoms with Gasteiger partial charge < -0.3 is 5.11 Å². The van der Waals surface area contributed by atoms with Crippen LogP contribution in [0, 0.1) is 21.4 Å². The summed E-state index contributed by atoms with van der Waals surface area (Å²) >= 11 is 0. The fourth-order valence-electron chi connectivity index (χ4n) is 0.953. The fourth-order valence-corrected chi connectivity index (χ4v) is 0.953. The largest absolute Gasteiger partial charge is 0.387 e. The molecule has 0 bridgehead atoms. The van der Waals surface area contributed by atoms with E-state index < -0.39 is 17.4 Å². The Hall–Kier alpha value is -1.93. The van der Waals surface area contributed by atoms with Crippen LogP contribution >= 0.6 is 0 Å². The van der Waals surface area contributed by atoms with Gasteiger partial charge in [-0.1, -0.05) is 12.1 Å². The van der Waals surface area contributed by atoms with Crippen LogP contribution in [0.4, 0.5) is 5.69 Å². The molecule has 5 heteroatoms. The van der Waals surface area contributed by atoms with Gasteiger partial charge >= 0.3 is 0 Å². The van der Waals surface area contributed by atoms with Gasteiger partial charge in [-0.15, -0.1) is 0 Å². The molecule has 0 saturated carbocycles. The monoisotopic (exact) mass is 194 g/mol. The highest BCUT2D eigenvalue weighted by Crippen LogP contribution is 2.20. The molecule has 1 N–H and O–H groups in total. The zero-order valence-electron chi connectivity index (χ0n) is 9.04. The first-order valence-electron chi connectivity index (χ1n) is 4.72. The highest BCUT2D eigenvalue weighted by molar-refractivity contribution is 5.35. The minimum atomic E-state index is -2.48. The molecule has 0 fully saturated rings. The van der Waals surface area contributed by atoms with Gasteiger partial charge in [-0.3, -0.25) is 10.1 Å². The summed E-state index contributed by atoms with van der Waals surface area (Å²) in [7, 11) is 0. The standard InChI is InChI=1S/C9H8N2O3/c10-5-4-9(12)7-2-1-3-8(6-7)11(13)14/h1-3,6,9,12H,4H2/i4D2. The predicted molar refractivity (Wildman–Crippen MR) is 48.3 cm³/mol. The summed E-state index contributed by atoms with van der Waals surface area (Å²) in [5.41, 5.74) is -0.258. The second kappa shape index (κ2) is 4.35. The molecule has 0 heterocycles. The Morgan fingerprint density at radius 1 is 1.79 bits per heavy atom. The number of nitro benzene ring substituents is 1. The minimum absolute atomic E-state index is 0.000694. The van der Waals surface area contributed by atoms with Gasteiger partial charge in [0.15, 0.2) is 0 Å². The van der Waals surface area contributed by atoms with E-state index in [1.807, 2.05) is 0 Å². The van der Waals surface area contributed by atoms with Crippen molar-refractivity contribution in [3.05, 3.63) is 39.9 Å². The molecule has 72 valence electrons. The minimum Gasteiger partial charge on any atom is -0.387 e. The number of hydrogen-bond donors (Lipinski definition) is 1. The van der Waals surface area contributed by atoms with Gasteiger partial charge in [0.2, 0.25) is 0 Å². The van der Waals surface area contributed by atoms with Crippen molar-refractivity contribution in [2.24, 2.45) is 0 Å². The van der Waals surface area contributed by atoms with E-state index >= 15 is 0 Å². The number of nitriles is 1. The van der Waals surface area contributed by atoms with Crippen molar-refractivity contribution >= 4 is 5.69 Å². The van der Waals surface area contributed by atoms with Gasteiger partial charge in [-0.25, -0.2) is 0 Å². The highest BCUT2D eigenvalue weighted by Gasteiger charge is 2.11. The lowest BCUT2D eigenvalue weighted by atomic mass is 10.1. The van der Waals surface area contributed by atoms with Crippen molar-refractivity contribution in [1.82, 2.24) is 0 Å². The van der Waals surface area contributed by atoms with Crippen LogP contribution < -0.4 is 0 Å². The number of nitrogens with zero attached hydrogens (tertiary/aromatic N) is 2. The Kier molecular flexibility index (Phi) is 2.32. The Balaban J connectivity index is 3.11. The first kappa shape index (κ1) is 7.47. The highest BCUT2D eigenvalue weighted by atomic mass is 16.6. The van der Waals surface area contributed by atoms with E-state index in [2.05, 4.69) is 0 Å². The molecule has 1 rings (SSSR count). The number of aliphatic hydroxyl groups is 1. The fraction of sp³-hybridized carbons (Fsp3) is 0.222. The Bertz CT molecular complexity index is 456. The Morgan fingerprint density at radius 2 is 2.50 bits per heavy atom. The van der Waals surface area contributed by atoms with E-state index in [9.17, 15) is 15.2 Å². The number of hydrogen-bond acceptors (Lipinski definition) is 4. The molecule has 1 atom stereocenters. The van der Waals surface area contributed by atoms with Gasteiger partial charge in [0.05, 0.1) is 23.5 Å². The second-order valence-electron chi connectivity index (χ2n) is 2.51. The van der Waals surface area contributed by atoms with E-state index in [0.717, 1.165) is 6.07 Å². The predicted octanol–water partition coefficient (Wildman–Crippen LogP) is 1.54. The summed E-state index contributed by atoms with van der Waals surface area (Å²) in [6.07, 6.45) is -4.19. The van der Waals surface area contributed by atoms with Crippen molar-refractivity contribution in [1.29, 1.82) is 5.26 Å². The Labute approximate surface area is 83.2 Å². The van der Waals surface area contributed by atoms with Gasteiger partial charge in [0, 0.05) is 14.9 Å². The lowest BCUT2D eigenvalue weighted by Gasteiger charge is -2.05. The molecular formula is C9H8N2O3. The van der Waals surface area contributed by atoms with Crippen LogP contribution in [0.1, 0.15) is 20.8 Å². The van der Waals surface area contributed by atoms with Gasteiger partial charge in [-0.05, 0) is 5.56 Å². The third-order valence-electron chi connectivity index (χ3n) is 1.60. The zero-order chi connectivity index (χ0) is 12.3. The van der Waals surface area contributed by atoms with Crippen LogP contribution in [0.25, 0.3) is 0 Å². The van der Waals surface area contributed by atoms with Crippen LogP contribution in [-0.2, 0) is 0 Å². The first-order chi connectivity index (χ1) is 7.38. The van der Waals surface area contributed by atoms with E-state index in [4.69, 9.17) is 8.00 Å². The molecule has 14 heavy (non-hydrogen) atoms. The normalized spacial score (nSPS) is 14.9. The topological polar surface area (TPSA) is 87.2 Å². The summed E-state index contributed by atoms with van der Waals surface area (Å²) in [6, 6.07) is 6.21. The maximum absolute atomic E-state index is 10.5. The SMILES string of the molecule is [2H]C([2H])(C#N)C(O)c1cccc([N+](=O)[O-])c1.